The van der Waals surface area contributed by atoms with Crippen LogP contribution in [0.2, 0.25) is 0 Å². The van der Waals surface area contributed by atoms with Crippen LogP contribution in [0, 0.1) is 0 Å². The van der Waals surface area contributed by atoms with Crippen molar-refractivity contribution in [3.05, 3.63) is 48.2 Å². The summed E-state index contributed by atoms with van der Waals surface area (Å²) in [5, 5.41) is 3.06. The van der Waals surface area contributed by atoms with Crippen LogP contribution in [0.25, 0.3) is 11.8 Å². The van der Waals surface area contributed by atoms with Gasteiger partial charge in [0.2, 0.25) is 0 Å². The molecule has 1 aliphatic rings. The van der Waals surface area contributed by atoms with E-state index in [0.717, 1.165) is 5.70 Å². The van der Waals surface area contributed by atoms with E-state index in [0.29, 0.717) is 0 Å². The smallest absolute Gasteiger partial charge is 0.0386 e. The van der Waals surface area contributed by atoms with E-state index in [2.05, 4.69) is 24.0 Å². The second-order valence-corrected chi connectivity index (χ2v) is 2.54. The Labute approximate surface area is 66.1 Å². The maximum atomic E-state index is 3.89. The molecule has 0 aromatic heterocycles. The quantitative estimate of drug-likeness (QED) is 0.587. The van der Waals surface area contributed by atoms with Crippen molar-refractivity contribution in [1.29, 1.82) is 0 Å². The fourth-order valence-corrected chi connectivity index (χ4v) is 1.23. The summed E-state index contributed by atoms with van der Waals surface area (Å²) in [6.07, 6.45) is 3.95. The molecule has 1 aliphatic heterocycles. The molecule has 2 rings (SSSR count). The first-order valence-corrected chi connectivity index (χ1v) is 3.59. The van der Waals surface area contributed by atoms with Gasteiger partial charge in [0.25, 0.3) is 0 Å². The summed E-state index contributed by atoms with van der Waals surface area (Å²) in [6.45, 7) is 3.89. The second kappa shape index (κ2) is 2.27. The van der Waals surface area contributed by atoms with Gasteiger partial charge in [-0.1, -0.05) is 30.8 Å². The Bertz CT molecular complexity index is 323. The van der Waals surface area contributed by atoms with Crippen LogP contribution in [0.4, 0.5) is 0 Å². The van der Waals surface area contributed by atoms with Crippen molar-refractivity contribution in [1.82, 2.24) is 5.32 Å². The van der Waals surface area contributed by atoms with Gasteiger partial charge in [-0.3, -0.25) is 0 Å². The maximum absolute atomic E-state index is 3.89. The molecule has 0 saturated carbocycles. The number of hydrogen-bond acceptors (Lipinski definition) is 1. The van der Waals surface area contributed by atoms with Crippen molar-refractivity contribution in [2.45, 2.75) is 0 Å². The molecule has 0 unspecified atom stereocenters. The van der Waals surface area contributed by atoms with Gasteiger partial charge in [-0.05, 0) is 11.6 Å². The number of rotatable bonds is 0. The van der Waals surface area contributed by atoms with Crippen LogP contribution in [0.15, 0.2) is 37.0 Å². The van der Waals surface area contributed by atoms with E-state index in [9.17, 15) is 0 Å². The van der Waals surface area contributed by atoms with Crippen molar-refractivity contribution in [3.8, 4) is 0 Å². The lowest BCUT2D eigenvalue weighted by Gasteiger charge is -2.13. The molecule has 1 aromatic rings. The first kappa shape index (κ1) is 6.23. The van der Waals surface area contributed by atoms with E-state index in [1.54, 1.807) is 0 Å². The van der Waals surface area contributed by atoms with Crippen molar-refractivity contribution in [3.63, 3.8) is 0 Å². The van der Waals surface area contributed by atoms with Crippen LogP contribution in [-0.4, -0.2) is 0 Å². The minimum Gasteiger partial charge on any atom is -0.362 e. The minimum absolute atomic E-state index is 0.975. The third kappa shape index (κ3) is 0.944. The van der Waals surface area contributed by atoms with Gasteiger partial charge < -0.3 is 5.32 Å². The van der Waals surface area contributed by atoms with E-state index >= 15 is 0 Å². The average Bonchev–Trinajstić information content (AvgIpc) is 2.06. The van der Waals surface area contributed by atoms with Crippen LogP contribution in [0.1, 0.15) is 11.1 Å². The number of nitrogens with one attached hydrogen (secondary N) is 1. The maximum Gasteiger partial charge on any atom is 0.0386 e. The topological polar surface area (TPSA) is 12.0 Å². The Balaban J connectivity index is 2.63. The predicted octanol–water partition coefficient (Wildman–Crippen LogP) is 2.23. The molecular weight excluding hydrogens is 134 g/mol. The molecular formula is C10H9N. The zero-order valence-electron chi connectivity index (χ0n) is 6.17. The number of benzene rings is 1. The fourth-order valence-electron chi connectivity index (χ4n) is 1.23. The Morgan fingerprint density at radius 3 is 2.82 bits per heavy atom. The van der Waals surface area contributed by atoms with Crippen molar-refractivity contribution >= 4 is 11.8 Å². The molecule has 0 aliphatic carbocycles. The van der Waals surface area contributed by atoms with Crippen molar-refractivity contribution in [2.75, 3.05) is 0 Å². The highest BCUT2D eigenvalue weighted by Crippen LogP contribution is 2.19. The van der Waals surface area contributed by atoms with Gasteiger partial charge in [0.15, 0.2) is 0 Å². The summed E-state index contributed by atoms with van der Waals surface area (Å²) in [7, 11) is 0. The predicted molar refractivity (Wildman–Crippen MR) is 47.6 cm³/mol. The lowest BCUT2D eigenvalue weighted by Crippen LogP contribution is -2.07. The molecule has 1 heterocycles. The SMILES string of the molecule is C=C1NC=Cc2ccccc21. The molecule has 0 spiro atoms. The second-order valence-electron chi connectivity index (χ2n) is 2.54. The first-order valence-electron chi connectivity index (χ1n) is 3.59. The summed E-state index contributed by atoms with van der Waals surface area (Å²) in [6, 6.07) is 8.19. The monoisotopic (exact) mass is 143 g/mol. The van der Waals surface area contributed by atoms with E-state index in [1.807, 2.05) is 24.4 Å². The number of fused-ring (bicyclic) bond motifs is 1. The van der Waals surface area contributed by atoms with Gasteiger partial charge in [-0.25, -0.2) is 0 Å². The van der Waals surface area contributed by atoms with Gasteiger partial charge in [0.1, 0.15) is 0 Å². The Morgan fingerprint density at radius 1 is 1.18 bits per heavy atom. The highest BCUT2D eigenvalue weighted by molar-refractivity contribution is 5.76. The van der Waals surface area contributed by atoms with Crippen LogP contribution in [0.3, 0.4) is 0 Å². The zero-order valence-corrected chi connectivity index (χ0v) is 6.17. The third-order valence-corrected chi connectivity index (χ3v) is 1.81. The molecule has 0 bridgehead atoms. The van der Waals surface area contributed by atoms with Crippen LogP contribution in [-0.2, 0) is 0 Å². The van der Waals surface area contributed by atoms with Crippen LogP contribution >= 0.6 is 0 Å². The van der Waals surface area contributed by atoms with Gasteiger partial charge in [-0.2, -0.15) is 0 Å². The number of hydrogen-bond donors (Lipinski definition) is 1. The molecule has 0 fully saturated rings. The summed E-state index contributed by atoms with van der Waals surface area (Å²) < 4.78 is 0. The van der Waals surface area contributed by atoms with E-state index < -0.39 is 0 Å². The Hall–Kier alpha value is -1.50. The summed E-state index contributed by atoms with van der Waals surface area (Å²) in [5.74, 6) is 0. The standard InChI is InChI=1S/C10H9N/c1-8-10-5-3-2-4-9(10)6-7-11-8/h2-7,11H,1H2. The Morgan fingerprint density at radius 2 is 2.00 bits per heavy atom. The molecule has 1 heteroatoms. The molecule has 1 N–H and O–H groups in total. The Kier molecular flexibility index (Phi) is 1.29. The zero-order chi connectivity index (χ0) is 7.68. The van der Waals surface area contributed by atoms with Crippen LogP contribution in [0.5, 0.6) is 0 Å². The summed E-state index contributed by atoms with van der Waals surface area (Å²) in [4.78, 5) is 0. The molecule has 1 aromatic carbocycles. The molecule has 0 atom stereocenters. The highest BCUT2D eigenvalue weighted by atomic mass is 14.9. The summed E-state index contributed by atoms with van der Waals surface area (Å²) >= 11 is 0. The van der Waals surface area contributed by atoms with Gasteiger partial charge in [0.05, 0.1) is 0 Å². The molecule has 11 heavy (non-hydrogen) atoms. The van der Waals surface area contributed by atoms with Crippen molar-refractivity contribution in [2.24, 2.45) is 0 Å². The molecule has 54 valence electrons. The molecule has 1 nitrogen and oxygen atoms in total. The highest BCUT2D eigenvalue weighted by Gasteiger charge is 2.04. The van der Waals surface area contributed by atoms with Gasteiger partial charge in [0, 0.05) is 17.5 Å². The molecule has 0 radical (unpaired) electrons. The van der Waals surface area contributed by atoms with E-state index in [-0.39, 0.29) is 0 Å². The fraction of sp³-hybridized carbons (Fsp3) is 0. The molecule has 0 amide bonds. The van der Waals surface area contributed by atoms with Gasteiger partial charge >= 0.3 is 0 Å². The van der Waals surface area contributed by atoms with Gasteiger partial charge in [-0.15, -0.1) is 0 Å². The normalized spacial score (nSPS) is 14.0. The van der Waals surface area contributed by atoms with Crippen molar-refractivity contribution < 1.29 is 0 Å². The molecule has 0 saturated heterocycles. The third-order valence-electron chi connectivity index (χ3n) is 1.81. The lowest BCUT2D eigenvalue weighted by molar-refractivity contribution is 1.21. The first-order chi connectivity index (χ1) is 5.38. The van der Waals surface area contributed by atoms with E-state index in [4.69, 9.17) is 0 Å². The summed E-state index contributed by atoms with van der Waals surface area (Å²) in [5.41, 5.74) is 3.40. The minimum atomic E-state index is 0.975. The lowest BCUT2D eigenvalue weighted by atomic mass is 10.0. The van der Waals surface area contributed by atoms with Crippen LogP contribution < -0.4 is 5.32 Å². The van der Waals surface area contributed by atoms with E-state index in [1.165, 1.54) is 11.1 Å². The largest absolute Gasteiger partial charge is 0.362 e. The average molecular weight is 143 g/mol.